The number of amides is 1. The van der Waals surface area contributed by atoms with E-state index < -0.39 is 0 Å². The fourth-order valence-corrected chi connectivity index (χ4v) is 1.52. The first kappa shape index (κ1) is 13.6. The van der Waals surface area contributed by atoms with Crippen LogP contribution in [0.2, 0.25) is 0 Å². The fraction of sp³-hybridized carbons (Fsp3) is 0.500. The molecule has 3 nitrogen and oxygen atoms in total. The van der Waals surface area contributed by atoms with Crippen molar-refractivity contribution >= 4 is 5.91 Å². The fourth-order valence-electron chi connectivity index (χ4n) is 1.52. The molecule has 1 amide bonds. The van der Waals surface area contributed by atoms with Crippen LogP contribution in [-0.2, 0) is 0 Å². The maximum atomic E-state index is 11.9. The molecule has 1 aromatic carbocycles. The Morgan fingerprint density at radius 3 is 2.71 bits per heavy atom. The van der Waals surface area contributed by atoms with Crippen molar-refractivity contribution < 1.29 is 9.53 Å². The lowest BCUT2D eigenvalue weighted by atomic mass is 10.1. The summed E-state index contributed by atoms with van der Waals surface area (Å²) in [7, 11) is 0. The minimum absolute atomic E-state index is 0.0291. The number of benzene rings is 1. The molecular formula is C14H21NO2. The highest BCUT2D eigenvalue weighted by atomic mass is 16.5. The van der Waals surface area contributed by atoms with Crippen LogP contribution in [0.1, 0.15) is 43.1 Å². The SMILES string of the molecule is CCCNC(=O)c1cc(OC(C)C)ccc1C. The molecule has 17 heavy (non-hydrogen) atoms. The van der Waals surface area contributed by atoms with E-state index in [1.54, 1.807) is 6.07 Å². The average molecular weight is 235 g/mol. The van der Waals surface area contributed by atoms with Gasteiger partial charge in [-0.15, -0.1) is 0 Å². The minimum Gasteiger partial charge on any atom is -0.491 e. The largest absolute Gasteiger partial charge is 0.491 e. The van der Waals surface area contributed by atoms with Crippen LogP contribution >= 0.6 is 0 Å². The van der Waals surface area contributed by atoms with Crippen LogP contribution in [0.4, 0.5) is 0 Å². The van der Waals surface area contributed by atoms with Gasteiger partial charge in [0, 0.05) is 12.1 Å². The second-order valence-corrected chi connectivity index (χ2v) is 4.40. The predicted octanol–water partition coefficient (Wildman–Crippen LogP) is 2.92. The summed E-state index contributed by atoms with van der Waals surface area (Å²) in [6.45, 7) is 8.60. The monoisotopic (exact) mass is 235 g/mol. The summed E-state index contributed by atoms with van der Waals surface area (Å²) in [6, 6.07) is 5.62. The van der Waals surface area contributed by atoms with Gasteiger partial charge in [0.15, 0.2) is 0 Å². The first-order valence-electron chi connectivity index (χ1n) is 6.10. The van der Waals surface area contributed by atoms with Gasteiger partial charge in [0.2, 0.25) is 0 Å². The maximum Gasteiger partial charge on any atom is 0.251 e. The molecular weight excluding hydrogens is 214 g/mol. The predicted molar refractivity (Wildman–Crippen MR) is 69.6 cm³/mol. The summed E-state index contributed by atoms with van der Waals surface area (Å²) in [6.07, 6.45) is 1.05. The van der Waals surface area contributed by atoms with E-state index in [-0.39, 0.29) is 12.0 Å². The standard InChI is InChI=1S/C14H21NO2/c1-5-8-15-14(16)13-9-12(17-10(2)3)7-6-11(13)4/h6-7,9-10H,5,8H2,1-4H3,(H,15,16). The summed E-state index contributed by atoms with van der Waals surface area (Å²) in [4.78, 5) is 11.9. The number of rotatable bonds is 5. The molecule has 1 aromatic rings. The van der Waals surface area contributed by atoms with Crippen molar-refractivity contribution in [1.82, 2.24) is 5.32 Å². The van der Waals surface area contributed by atoms with E-state index in [1.165, 1.54) is 0 Å². The van der Waals surface area contributed by atoms with Gasteiger partial charge in [-0.2, -0.15) is 0 Å². The topological polar surface area (TPSA) is 38.3 Å². The Morgan fingerprint density at radius 1 is 1.41 bits per heavy atom. The van der Waals surface area contributed by atoms with Gasteiger partial charge in [-0.05, 0) is 44.9 Å². The van der Waals surface area contributed by atoms with Gasteiger partial charge in [-0.25, -0.2) is 0 Å². The molecule has 94 valence electrons. The average Bonchev–Trinajstić information content (AvgIpc) is 2.28. The van der Waals surface area contributed by atoms with Crippen LogP contribution in [-0.4, -0.2) is 18.6 Å². The van der Waals surface area contributed by atoms with Crippen molar-refractivity contribution in [2.45, 2.75) is 40.2 Å². The van der Waals surface area contributed by atoms with Crippen molar-refractivity contribution in [3.05, 3.63) is 29.3 Å². The van der Waals surface area contributed by atoms with Crippen molar-refractivity contribution in [2.24, 2.45) is 0 Å². The molecule has 0 radical (unpaired) electrons. The van der Waals surface area contributed by atoms with Crippen LogP contribution in [0.15, 0.2) is 18.2 Å². The Bertz CT molecular complexity index is 386. The van der Waals surface area contributed by atoms with E-state index in [2.05, 4.69) is 5.32 Å². The highest BCUT2D eigenvalue weighted by molar-refractivity contribution is 5.96. The second kappa shape index (κ2) is 6.28. The molecule has 1 rings (SSSR count). The molecule has 0 saturated heterocycles. The molecule has 0 aliphatic carbocycles. The molecule has 0 atom stereocenters. The molecule has 0 aliphatic rings. The number of ether oxygens (including phenoxy) is 1. The van der Waals surface area contributed by atoms with E-state index in [9.17, 15) is 4.79 Å². The van der Waals surface area contributed by atoms with Gasteiger partial charge < -0.3 is 10.1 Å². The zero-order valence-electron chi connectivity index (χ0n) is 11.0. The number of carbonyl (C=O) groups is 1. The molecule has 0 unspecified atom stereocenters. The molecule has 0 saturated carbocycles. The summed E-state index contributed by atoms with van der Waals surface area (Å²) in [5.41, 5.74) is 1.66. The highest BCUT2D eigenvalue weighted by Crippen LogP contribution is 2.18. The van der Waals surface area contributed by atoms with Gasteiger partial charge in [0.25, 0.3) is 5.91 Å². The summed E-state index contributed by atoms with van der Waals surface area (Å²) >= 11 is 0. The van der Waals surface area contributed by atoms with Gasteiger partial charge in [0.1, 0.15) is 5.75 Å². The molecule has 0 aromatic heterocycles. The third-order valence-corrected chi connectivity index (χ3v) is 2.36. The maximum absolute atomic E-state index is 11.9. The van der Waals surface area contributed by atoms with Crippen LogP contribution in [0.5, 0.6) is 5.75 Å². The molecule has 0 heterocycles. The third kappa shape index (κ3) is 4.10. The lowest BCUT2D eigenvalue weighted by Crippen LogP contribution is -2.24. The quantitative estimate of drug-likeness (QED) is 0.852. The van der Waals surface area contributed by atoms with Crippen molar-refractivity contribution in [1.29, 1.82) is 0 Å². The number of hydrogen-bond acceptors (Lipinski definition) is 2. The number of nitrogens with one attached hydrogen (secondary N) is 1. The highest BCUT2D eigenvalue weighted by Gasteiger charge is 2.10. The molecule has 3 heteroatoms. The van der Waals surface area contributed by atoms with Gasteiger partial charge >= 0.3 is 0 Å². The summed E-state index contributed by atoms with van der Waals surface area (Å²) < 4.78 is 5.58. The van der Waals surface area contributed by atoms with E-state index in [0.717, 1.165) is 17.7 Å². The zero-order valence-corrected chi connectivity index (χ0v) is 11.0. The van der Waals surface area contributed by atoms with E-state index >= 15 is 0 Å². The Hall–Kier alpha value is -1.51. The molecule has 0 aliphatic heterocycles. The number of carbonyl (C=O) groups excluding carboxylic acids is 1. The number of hydrogen-bond donors (Lipinski definition) is 1. The first-order chi connectivity index (χ1) is 8.04. The summed E-state index contributed by atoms with van der Waals surface area (Å²) in [5.74, 6) is 0.714. The van der Waals surface area contributed by atoms with Crippen molar-refractivity contribution in [3.63, 3.8) is 0 Å². The van der Waals surface area contributed by atoms with Crippen molar-refractivity contribution in [3.8, 4) is 5.75 Å². The van der Waals surface area contributed by atoms with E-state index in [4.69, 9.17) is 4.74 Å². The molecule has 0 bridgehead atoms. The molecule has 0 spiro atoms. The van der Waals surface area contributed by atoms with Gasteiger partial charge in [-0.3, -0.25) is 4.79 Å². The lowest BCUT2D eigenvalue weighted by Gasteiger charge is -2.12. The van der Waals surface area contributed by atoms with Crippen LogP contribution in [0.3, 0.4) is 0 Å². The minimum atomic E-state index is -0.0291. The Kier molecular flexibility index (Phi) is 5.01. The normalized spacial score (nSPS) is 10.4. The summed E-state index contributed by atoms with van der Waals surface area (Å²) in [5, 5.41) is 2.88. The van der Waals surface area contributed by atoms with E-state index in [0.29, 0.717) is 12.1 Å². The Balaban J connectivity index is 2.86. The van der Waals surface area contributed by atoms with E-state index in [1.807, 2.05) is 39.8 Å². The Labute approximate surface area is 103 Å². The zero-order chi connectivity index (χ0) is 12.8. The molecule has 0 fully saturated rings. The second-order valence-electron chi connectivity index (χ2n) is 4.40. The van der Waals surface area contributed by atoms with Crippen LogP contribution in [0, 0.1) is 6.92 Å². The van der Waals surface area contributed by atoms with Crippen molar-refractivity contribution in [2.75, 3.05) is 6.54 Å². The lowest BCUT2D eigenvalue weighted by molar-refractivity contribution is 0.0952. The van der Waals surface area contributed by atoms with Gasteiger partial charge in [-0.1, -0.05) is 13.0 Å². The smallest absolute Gasteiger partial charge is 0.251 e. The van der Waals surface area contributed by atoms with Crippen LogP contribution < -0.4 is 10.1 Å². The number of aryl methyl sites for hydroxylation is 1. The van der Waals surface area contributed by atoms with Gasteiger partial charge in [0.05, 0.1) is 6.10 Å². The Morgan fingerprint density at radius 2 is 2.12 bits per heavy atom. The first-order valence-corrected chi connectivity index (χ1v) is 6.10. The van der Waals surface area contributed by atoms with Crippen LogP contribution in [0.25, 0.3) is 0 Å². The molecule has 1 N–H and O–H groups in total. The third-order valence-electron chi connectivity index (χ3n) is 2.36.